The van der Waals surface area contributed by atoms with Gasteiger partial charge in [-0.2, -0.15) is 10.2 Å². The van der Waals surface area contributed by atoms with Crippen LogP contribution in [0.1, 0.15) is 33.6 Å². The van der Waals surface area contributed by atoms with Crippen molar-refractivity contribution in [2.75, 3.05) is 13.1 Å². The van der Waals surface area contributed by atoms with E-state index in [1.54, 1.807) is 0 Å². The molecule has 1 heterocycles. The Morgan fingerprint density at radius 2 is 2.26 bits per heavy atom. The highest BCUT2D eigenvalue weighted by molar-refractivity contribution is 5.88. The zero-order chi connectivity index (χ0) is 14.5. The van der Waals surface area contributed by atoms with Crippen LogP contribution in [0, 0.1) is 0 Å². The lowest BCUT2D eigenvalue weighted by Crippen LogP contribution is -2.45. The van der Waals surface area contributed by atoms with E-state index in [9.17, 15) is 4.79 Å². The molecule has 0 aliphatic carbocycles. The van der Waals surface area contributed by atoms with E-state index in [4.69, 9.17) is 10.6 Å². The Morgan fingerprint density at radius 1 is 1.58 bits per heavy atom. The maximum absolute atomic E-state index is 11.8. The number of hydrazone groups is 2. The molecule has 1 aliphatic heterocycles. The third kappa shape index (κ3) is 4.86. The number of ether oxygens (including phenoxy) is 1. The molecule has 0 bridgehead atoms. The molecule has 3 N–H and O–H groups in total. The molecular weight excluding hydrogens is 246 g/mol. The standard InChI is InChI=1S/C12H23N5O2/c1-12(2,3)19-10(18)8-17-7-5-6-9(17)11(15-13)16-14-4/h9H,4-8,13H2,1-3H3,(H,15,16). The van der Waals surface area contributed by atoms with E-state index in [-0.39, 0.29) is 18.6 Å². The van der Waals surface area contributed by atoms with E-state index in [0.29, 0.717) is 5.84 Å². The van der Waals surface area contributed by atoms with Crippen LogP contribution in [0.4, 0.5) is 0 Å². The first-order chi connectivity index (χ1) is 8.87. The zero-order valence-electron chi connectivity index (χ0n) is 11.8. The molecule has 0 radical (unpaired) electrons. The van der Waals surface area contributed by atoms with E-state index in [2.05, 4.69) is 22.3 Å². The number of esters is 1. The minimum Gasteiger partial charge on any atom is -0.459 e. The lowest BCUT2D eigenvalue weighted by molar-refractivity contribution is -0.156. The minimum absolute atomic E-state index is 0.0389. The van der Waals surface area contributed by atoms with Gasteiger partial charge in [0.1, 0.15) is 5.60 Å². The molecule has 1 atom stereocenters. The molecule has 0 aromatic heterocycles. The monoisotopic (exact) mass is 269 g/mol. The van der Waals surface area contributed by atoms with Crippen LogP contribution < -0.4 is 11.3 Å². The second-order valence-electron chi connectivity index (χ2n) is 5.50. The number of rotatable bonds is 4. The van der Waals surface area contributed by atoms with Crippen LogP contribution in [0.5, 0.6) is 0 Å². The van der Waals surface area contributed by atoms with Gasteiger partial charge >= 0.3 is 5.97 Å². The molecule has 1 aliphatic rings. The van der Waals surface area contributed by atoms with E-state index in [1.807, 2.05) is 25.7 Å². The lowest BCUT2D eigenvalue weighted by Gasteiger charge is -2.26. The molecule has 1 unspecified atom stereocenters. The van der Waals surface area contributed by atoms with Gasteiger partial charge in [-0.1, -0.05) is 0 Å². The summed E-state index contributed by atoms with van der Waals surface area (Å²) in [7, 11) is 0. The van der Waals surface area contributed by atoms with Crippen LogP contribution in [-0.2, 0) is 9.53 Å². The Bertz CT molecular complexity index is 362. The van der Waals surface area contributed by atoms with Crippen LogP contribution in [-0.4, -0.2) is 48.2 Å². The van der Waals surface area contributed by atoms with Gasteiger partial charge in [-0.25, -0.2) is 0 Å². The molecular formula is C12H23N5O2. The maximum atomic E-state index is 11.8. The van der Waals surface area contributed by atoms with Gasteiger partial charge in [-0.3, -0.25) is 15.1 Å². The first-order valence-corrected chi connectivity index (χ1v) is 6.33. The van der Waals surface area contributed by atoms with Gasteiger partial charge in [-0.15, -0.1) is 0 Å². The summed E-state index contributed by atoms with van der Waals surface area (Å²) in [5, 5.41) is 7.24. The molecule has 7 nitrogen and oxygen atoms in total. The zero-order valence-corrected chi connectivity index (χ0v) is 11.8. The van der Waals surface area contributed by atoms with Crippen LogP contribution in [0.3, 0.4) is 0 Å². The number of likely N-dealkylation sites (tertiary alicyclic amines) is 1. The van der Waals surface area contributed by atoms with Crippen molar-refractivity contribution in [3.05, 3.63) is 0 Å². The van der Waals surface area contributed by atoms with Gasteiger partial charge in [-0.05, 0) is 40.2 Å². The van der Waals surface area contributed by atoms with Crippen molar-refractivity contribution in [3.63, 3.8) is 0 Å². The van der Waals surface area contributed by atoms with Crippen LogP contribution in [0.25, 0.3) is 0 Å². The Kier molecular flexibility index (Phi) is 5.29. The number of carbonyl (C=O) groups is 1. The first-order valence-electron chi connectivity index (χ1n) is 6.33. The van der Waals surface area contributed by atoms with E-state index in [0.717, 1.165) is 19.4 Å². The van der Waals surface area contributed by atoms with Crippen molar-refractivity contribution in [3.8, 4) is 0 Å². The molecule has 0 aromatic rings. The van der Waals surface area contributed by atoms with Gasteiger partial charge < -0.3 is 10.6 Å². The topological polar surface area (TPSA) is 92.3 Å². The van der Waals surface area contributed by atoms with Crippen LogP contribution >= 0.6 is 0 Å². The van der Waals surface area contributed by atoms with Gasteiger partial charge in [0.15, 0.2) is 5.84 Å². The molecule has 7 heteroatoms. The Hall–Kier alpha value is -1.63. The summed E-state index contributed by atoms with van der Waals surface area (Å²) in [6, 6.07) is -0.0389. The minimum atomic E-state index is -0.474. The second-order valence-corrected chi connectivity index (χ2v) is 5.50. The molecule has 1 fully saturated rings. The highest BCUT2D eigenvalue weighted by Crippen LogP contribution is 2.18. The molecule has 0 aromatic carbocycles. The number of nitrogens with two attached hydrogens (primary N) is 1. The van der Waals surface area contributed by atoms with Crippen molar-refractivity contribution in [1.82, 2.24) is 10.3 Å². The van der Waals surface area contributed by atoms with Gasteiger partial charge in [0, 0.05) is 6.72 Å². The largest absolute Gasteiger partial charge is 0.459 e. The fourth-order valence-electron chi connectivity index (χ4n) is 2.14. The average molecular weight is 269 g/mol. The Morgan fingerprint density at radius 3 is 2.79 bits per heavy atom. The molecule has 1 rings (SSSR count). The van der Waals surface area contributed by atoms with E-state index < -0.39 is 5.60 Å². The summed E-state index contributed by atoms with van der Waals surface area (Å²) in [5.74, 6) is 5.60. The third-order valence-corrected chi connectivity index (χ3v) is 2.76. The highest BCUT2D eigenvalue weighted by atomic mass is 16.6. The first kappa shape index (κ1) is 15.4. The fourth-order valence-corrected chi connectivity index (χ4v) is 2.14. The number of nitrogens with one attached hydrogen (secondary N) is 1. The smallest absolute Gasteiger partial charge is 0.320 e. The maximum Gasteiger partial charge on any atom is 0.320 e. The predicted octanol–water partition coefficient (Wildman–Crippen LogP) is 0.270. The van der Waals surface area contributed by atoms with Gasteiger partial charge in [0.2, 0.25) is 0 Å². The SMILES string of the molecule is C=NNC(=NN)C1CCCN1CC(=O)OC(C)(C)C. The van der Waals surface area contributed by atoms with Crippen molar-refractivity contribution < 1.29 is 9.53 Å². The molecule has 0 saturated carbocycles. The Labute approximate surface area is 113 Å². The summed E-state index contributed by atoms with van der Waals surface area (Å²) in [5.41, 5.74) is 2.20. The van der Waals surface area contributed by atoms with Crippen molar-refractivity contribution in [2.24, 2.45) is 16.0 Å². The third-order valence-electron chi connectivity index (χ3n) is 2.76. The number of hydrogen-bond donors (Lipinski definition) is 2. The van der Waals surface area contributed by atoms with Crippen LogP contribution in [0.15, 0.2) is 10.2 Å². The molecule has 1 saturated heterocycles. The van der Waals surface area contributed by atoms with E-state index >= 15 is 0 Å². The highest BCUT2D eigenvalue weighted by Gasteiger charge is 2.31. The number of hydrogen-bond acceptors (Lipinski definition) is 6. The van der Waals surface area contributed by atoms with Gasteiger partial charge in [0.05, 0.1) is 12.6 Å². The predicted molar refractivity (Wildman–Crippen MR) is 74.7 cm³/mol. The summed E-state index contributed by atoms with van der Waals surface area (Å²) in [4.78, 5) is 13.8. The molecule has 108 valence electrons. The summed E-state index contributed by atoms with van der Waals surface area (Å²) >= 11 is 0. The Balaban J connectivity index is 2.62. The summed E-state index contributed by atoms with van der Waals surface area (Å²) < 4.78 is 5.31. The van der Waals surface area contributed by atoms with Crippen LogP contribution in [0.2, 0.25) is 0 Å². The number of carbonyl (C=O) groups excluding carboxylic acids is 1. The normalized spacial score (nSPS) is 21.2. The quantitative estimate of drug-likeness (QED) is 0.251. The average Bonchev–Trinajstić information content (AvgIpc) is 2.71. The summed E-state index contributed by atoms with van der Waals surface area (Å²) in [6.45, 7) is 9.92. The number of nitrogens with zero attached hydrogens (tertiary/aromatic N) is 3. The van der Waals surface area contributed by atoms with Crippen molar-refractivity contribution in [1.29, 1.82) is 0 Å². The van der Waals surface area contributed by atoms with Crippen molar-refractivity contribution >= 4 is 18.5 Å². The molecule has 0 amide bonds. The fraction of sp³-hybridized carbons (Fsp3) is 0.750. The molecule has 0 spiro atoms. The summed E-state index contributed by atoms with van der Waals surface area (Å²) in [6.07, 6.45) is 1.85. The number of amidine groups is 1. The van der Waals surface area contributed by atoms with Gasteiger partial charge in [0.25, 0.3) is 0 Å². The van der Waals surface area contributed by atoms with Crippen molar-refractivity contribution in [2.45, 2.75) is 45.3 Å². The molecule has 19 heavy (non-hydrogen) atoms. The van der Waals surface area contributed by atoms with E-state index in [1.165, 1.54) is 0 Å². The lowest BCUT2D eigenvalue weighted by atomic mass is 10.2. The second kappa shape index (κ2) is 6.51.